The van der Waals surface area contributed by atoms with Crippen LogP contribution in [0.15, 0.2) is 0 Å². The van der Waals surface area contributed by atoms with Crippen LogP contribution in [0.2, 0.25) is 0 Å². The summed E-state index contributed by atoms with van der Waals surface area (Å²) >= 11 is 0. The maximum atomic E-state index is 12.1. The van der Waals surface area contributed by atoms with Crippen molar-refractivity contribution in [3.05, 3.63) is 0 Å². The van der Waals surface area contributed by atoms with Crippen LogP contribution in [-0.4, -0.2) is 5.78 Å². The number of fused-ring (bicyclic) bond motifs is 1. The zero-order chi connectivity index (χ0) is 10.9. The molecule has 1 nitrogen and oxygen atoms in total. The van der Waals surface area contributed by atoms with Crippen molar-refractivity contribution in [3.8, 4) is 0 Å². The number of hydrogen-bond acceptors (Lipinski definition) is 1. The van der Waals surface area contributed by atoms with E-state index in [-0.39, 0.29) is 5.41 Å². The van der Waals surface area contributed by atoms with Gasteiger partial charge in [0.2, 0.25) is 0 Å². The van der Waals surface area contributed by atoms with Crippen LogP contribution < -0.4 is 0 Å². The molecule has 0 N–H and O–H groups in total. The quantitative estimate of drug-likeness (QED) is 0.592. The van der Waals surface area contributed by atoms with Gasteiger partial charge in [0, 0.05) is 11.8 Å². The van der Waals surface area contributed by atoms with Gasteiger partial charge in [0.15, 0.2) is 0 Å². The second-order valence-electron chi connectivity index (χ2n) is 7.09. The molecule has 0 saturated heterocycles. The third kappa shape index (κ3) is 0.976. The fourth-order valence-electron chi connectivity index (χ4n) is 4.87. The third-order valence-electron chi connectivity index (χ3n) is 5.85. The second-order valence-corrected chi connectivity index (χ2v) is 7.09. The molecule has 3 atom stereocenters. The maximum absolute atomic E-state index is 12.1. The van der Waals surface area contributed by atoms with Crippen molar-refractivity contribution in [2.45, 2.75) is 59.3 Å². The van der Waals surface area contributed by atoms with Crippen molar-refractivity contribution in [2.75, 3.05) is 0 Å². The van der Waals surface area contributed by atoms with E-state index in [1.807, 2.05) is 0 Å². The predicted molar refractivity (Wildman–Crippen MR) is 60.5 cm³/mol. The Balaban J connectivity index is 1.96. The molecule has 1 heteroatoms. The normalized spacial score (nSPS) is 51.9. The van der Waals surface area contributed by atoms with Gasteiger partial charge in [-0.15, -0.1) is 0 Å². The summed E-state index contributed by atoms with van der Waals surface area (Å²) in [4.78, 5) is 12.1. The van der Waals surface area contributed by atoms with E-state index >= 15 is 0 Å². The monoisotopic (exact) mass is 206 g/mol. The van der Waals surface area contributed by atoms with Gasteiger partial charge in [-0.1, -0.05) is 27.2 Å². The van der Waals surface area contributed by atoms with E-state index < -0.39 is 0 Å². The standard InChI is InChI=1S/C14H22O/c1-12(2)6-4-7-14-10(9-12)13(14,3)8-5-11(14)15/h10H,4-9H2,1-3H3/t10-,13-,14-/m1/s1. The van der Waals surface area contributed by atoms with E-state index in [1.165, 1.54) is 32.1 Å². The molecular weight excluding hydrogens is 184 g/mol. The molecule has 3 aliphatic carbocycles. The molecular formula is C14H22O. The van der Waals surface area contributed by atoms with Crippen molar-refractivity contribution in [1.29, 1.82) is 0 Å². The van der Waals surface area contributed by atoms with Crippen LogP contribution in [0.3, 0.4) is 0 Å². The first-order chi connectivity index (χ1) is 6.92. The minimum atomic E-state index is 0.154. The molecule has 0 aliphatic heterocycles. The Morgan fingerprint density at radius 1 is 1.13 bits per heavy atom. The molecule has 0 aromatic heterocycles. The van der Waals surface area contributed by atoms with Crippen LogP contribution in [0.5, 0.6) is 0 Å². The molecule has 3 fully saturated rings. The fourth-order valence-corrected chi connectivity index (χ4v) is 4.87. The average Bonchev–Trinajstić information content (AvgIpc) is 2.58. The zero-order valence-electron chi connectivity index (χ0n) is 10.2. The van der Waals surface area contributed by atoms with Gasteiger partial charge in [-0.05, 0) is 42.4 Å². The zero-order valence-corrected chi connectivity index (χ0v) is 10.2. The summed E-state index contributed by atoms with van der Waals surface area (Å²) < 4.78 is 0. The number of hydrogen-bond donors (Lipinski definition) is 0. The lowest BCUT2D eigenvalue weighted by atomic mass is 9.81. The van der Waals surface area contributed by atoms with Gasteiger partial charge in [-0.2, -0.15) is 0 Å². The smallest absolute Gasteiger partial charge is 0.139 e. The van der Waals surface area contributed by atoms with Crippen molar-refractivity contribution in [2.24, 2.45) is 22.2 Å². The van der Waals surface area contributed by atoms with E-state index in [1.54, 1.807) is 0 Å². The molecule has 0 amide bonds. The van der Waals surface area contributed by atoms with Gasteiger partial charge in [0.05, 0.1) is 0 Å². The molecule has 3 rings (SSSR count). The van der Waals surface area contributed by atoms with E-state index in [2.05, 4.69) is 20.8 Å². The first-order valence-electron chi connectivity index (χ1n) is 6.46. The van der Waals surface area contributed by atoms with E-state index in [9.17, 15) is 4.79 Å². The molecule has 1 spiro atoms. The summed E-state index contributed by atoms with van der Waals surface area (Å²) in [6, 6.07) is 0. The Kier molecular flexibility index (Phi) is 1.64. The molecule has 84 valence electrons. The lowest BCUT2D eigenvalue weighted by molar-refractivity contribution is -0.123. The summed E-state index contributed by atoms with van der Waals surface area (Å²) in [6.45, 7) is 7.14. The highest BCUT2D eigenvalue weighted by molar-refractivity contribution is 5.92. The third-order valence-corrected chi connectivity index (χ3v) is 5.85. The summed E-state index contributed by atoms with van der Waals surface area (Å²) in [7, 11) is 0. The van der Waals surface area contributed by atoms with Gasteiger partial charge >= 0.3 is 0 Å². The number of carbonyl (C=O) groups excluding carboxylic acids is 1. The Labute approximate surface area is 92.6 Å². The summed E-state index contributed by atoms with van der Waals surface area (Å²) in [5.41, 5.74) is 1.03. The van der Waals surface area contributed by atoms with Crippen molar-refractivity contribution in [1.82, 2.24) is 0 Å². The van der Waals surface area contributed by atoms with Crippen LogP contribution in [-0.2, 0) is 4.79 Å². The number of ketones is 1. The van der Waals surface area contributed by atoms with Crippen molar-refractivity contribution in [3.63, 3.8) is 0 Å². The van der Waals surface area contributed by atoms with Crippen molar-refractivity contribution >= 4 is 5.78 Å². The first kappa shape index (κ1) is 9.86. The minimum Gasteiger partial charge on any atom is -0.299 e. The Hall–Kier alpha value is -0.330. The van der Waals surface area contributed by atoms with Crippen molar-refractivity contribution < 1.29 is 4.79 Å². The van der Waals surface area contributed by atoms with Gasteiger partial charge in [-0.3, -0.25) is 4.79 Å². The van der Waals surface area contributed by atoms with Crippen LogP contribution in [0.25, 0.3) is 0 Å². The Bertz CT molecular complexity index is 330. The summed E-state index contributed by atoms with van der Waals surface area (Å²) in [5, 5.41) is 0. The highest BCUT2D eigenvalue weighted by atomic mass is 16.1. The molecule has 0 aromatic carbocycles. The molecule has 0 aromatic rings. The average molecular weight is 206 g/mol. The molecule has 0 unspecified atom stereocenters. The van der Waals surface area contributed by atoms with E-state index in [0.29, 0.717) is 16.6 Å². The highest BCUT2D eigenvalue weighted by Gasteiger charge is 2.79. The number of carbonyl (C=O) groups is 1. The Morgan fingerprint density at radius 3 is 2.60 bits per heavy atom. The van der Waals surface area contributed by atoms with E-state index in [0.717, 1.165) is 12.3 Å². The minimum absolute atomic E-state index is 0.154. The molecule has 0 heterocycles. The lowest BCUT2D eigenvalue weighted by Crippen LogP contribution is -2.15. The van der Waals surface area contributed by atoms with Gasteiger partial charge < -0.3 is 0 Å². The summed E-state index contributed by atoms with van der Waals surface area (Å²) in [5.74, 6) is 1.33. The molecule has 0 radical (unpaired) electrons. The second kappa shape index (κ2) is 2.49. The molecule has 0 bridgehead atoms. The maximum Gasteiger partial charge on any atom is 0.139 e. The summed E-state index contributed by atoms with van der Waals surface area (Å²) in [6.07, 6.45) is 7.10. The molecule has 3 saturated carbocycles. The number of rotatable bonds is 0. The van der Waals surface area contributed by atoms with Gasteiger partial charge in [-0.25, -0.2) is 0 Å². The van der Waals surface area contributed by atoms with Crippen LogP contribution in [0.4, 0.5) is 0 Å². The van der Waals surface area contributed by atoms with E-state index in [4.69, 9.17) is 0 Å². The van der Waals surface area contributed by atoms with Crippen LogP contribution in [0.1, 0.15) is 59.3 Å². The Morgan fingerprint density at radius 2 is 1.87 bits per heavy atom. The molecule has 15 heavy (non-hydrogen) atoms. The SMILES string of the molecule is CC1(C)CCC[C@@]23C(=O)CC[C@]2(C)[C@H]3C1. The van der Waals surface area contributed by atoms with Gasteiger partial charge in [0.25, 0.3) is 0 Å². The highest BCUT2D eigenvalue weighted by Crippen LogP contribution is 2.81. The number of Topliss-reactive ketones (excluding diaryl/α,β-unsaturated/α-hetero) is 1. The van der Waals surface area contributed by atoms with Crippen LogP contribution in [0, 0.1) is 22.2 Å². The fraction of sp³-hybridized carbons (Fsp3) is 0.929. The first-order valence-corrected chi connectivity index (χ1v) is 6.46. The predicted octanol–water partition coefficient (Wildman–Crippen LogP) is 3.57. The van der Waals surface area contributed by atoms with Crippen LogP contribution >= 0.6 is 0 Å². The topological polar surface area (TPSA) is 17.1 Å². The molecule has 3 aliphatic rings. The van der Waals surface area contributed by atoms with Gasteiger partial charge in [0.1, 0.15) is 5.78 Å². The largest absolute Gasteiger partial charge is 0.299 e. The lowest BCUT2D eigenvalue weighted by Gasteiger charge is -2.25.